The Morgan fingerprint density at radius 2 is 1.16 bits per heavy atom. The maximum Gasteiger partial charge on any atom is 0.229 e. The van der Waals surface area contributed by atoms with Gasteiger partial charge in [0.1, 0.15) is 11.6 Å². The van der Waals surface area contributed by atoms with Gasteiger partial charge in [-0.05, 0) is 114 Å². The summed E-state index contributed by atoms with van der Waals surface area (Å²) in [5.74, 6) is 5.00. The predicted octanol–water partition coefficient (Wildman–Crippen LogP) is 7.07. The second kappa shape index (κ2) is 23.2. The van der Waals surface area contributed by atoms with Crippen LogP contribution < -0.4 is 40.6 Å². The monoisotopic (exact) mass is 778 g/mol. The van der Waals surface area contributed by atoms with E-state index in [0.717, 1.165) is 77.6 Å². The van der Waals surface area contributed by atoms with E-state index in [1.807, 2.05) is 69.4 Å². The number of nitrogens with zero attached hydrogens (tertiary/aromatic N) is 6. The molecule has 0 saturated carbocycles. The van der Waals surface area contributed by atoms with Gasteiger partial charge in [0.15, 0.2) is 23.0 Å². The van der Waals surface area contributed by atoms with Gasteiger partial charge in [0, 0.05) is 74.2 Å². The average molecular weight is 779 g/mol. The minimum atomic E-state index is 0.282. The van der Waals surface area contributed by atoms with Crippen molar-refractivity contribution in [2.75, 3.05) is 102 Å². The Hall–Kier alpha value is -4.79. The summed E-state index contributed by atoms with van der Waals surface area (Å²) in [7, 11) is 6.93. The van der Waals surface area contributed by atoms with E-state index in [4.69, 9.17) is 36.3 Å². The lowest BCUT2D eigenvalue weighted by Crippen LogP contribution is -2.21. The van der Waals surface area contributed by atoms with E-state index >= 15 is 0 Å². The number of anilines is 5. The quantitative estimate of drug-likeness (QED) is 0.0520. The third-order valence-corrected chi connectivity index (χ3v) is 9.12. The van der Waals surface area contributed by atoms with Crippen LogP contribution in [-0.2, 0) is 0 Å². The van der Waals surface area contributed by atoms with E-state index in [1.165, 1.54) is 51.9 Å². The third-order valence-electron chi connectivity index (χ3n) is 8.95. The predicted molar refractivity (Wildman–Crippen MR) is 223 cm³/mol. The fraction of sp³-hybridized carbons (Fsp3) is 0.500. The van der Waals surface area contributed by atoms with E-state index < -0.39 is 0 Å². The molecule has 55 heavy (non-hydrogen) atoms. The number of aromatic nitrogens is 4. The number of benzene rings is 2. The Bertz CT molecular complexity index is 1720. The Morgan fingerprint density at radius 3 is 1.69 bits per heavy atom. The zero-order valence-corrected chi connectivity index (χ0v) is 34.0. The van der Waals surface area contributed by atoms with Gasteiger partial charge in [0.05, 0.1) is 27.4 Å². The Balaban J connectivity index is 0.000000205. The lowest BCUT2D eigenvalue weighted by atomic mass is 10.2. The second-order valence-corrected chi connectivity index (χ2v) is 13.6. The van der Waals surface area contributed by atoms with Crippen molar-refractivity contribution in [3.63, 3.8) is 0 Å². The first-order valence-corrected chi connectivity index (χ1v) is 19.4. The molecule has 4 aromatic rings. The van der Waals surface area contributed by atoms with Gasteiger partial charge >= 0.3 is 0 Å². The molecule has 0 spiro atoms. The normalized spacial score (nSPS) is 13.9. The molecule has 2 aliphatic rings. The lowest BCUT2D eigenvalue weighted by molar-refractivity contribution is 0.254. The number of nitrogen functional groups attached to an aromatic ring is 1. The molecule has 2 fully saturated rings. The summed E-state index contributed by atoms with van der Waals surface area (Å²) < 4.78 is 22.4. The van der Waals surface area contributed by atoms with E-state index in [-0.39, 0.29) is 5.28 Å². The minimum Gasteiger partial charge on any atom is -0.493 e. The van der Waals surface area contributed by atoms with E-state index in [9.17, 15) is 0 Å². The van der Waals surface area contributed by atoms with Crippen LogP contribution in [0.2, 0.25) is 5.28 Å². The van der Waals surface area contributed by atoms with Crippen molar-refractivity contribution < 1.29 is 18.9 Å². The molecule has 0 amide bonds. The molecule has 0 radical (unpaired) electrons. The molecule has 2 aromatic carbocycles. The van der Waals surface area contributed by atoms with Crippen LogP contribution >= 0.6 is 11.6 Å². The number of aryl methyl sites for hydroxylation is 2. The molecule has 4 heterocycles. The molecule has 15 heteroatoms. The van der Waals surface area contributed by atoms with Crippen molar-refractivity contribution in [2.24, 2.45) is 0 Å². The van der Waals surface area contributed by atoms with Crippen LogP contribution in [-0.4, -0.2) is 111 Å². The number of likely N-dealkylation sites (tertiary alicyclic amines) is 2. The SMILES string of the molecule is CNc1cc(C)nc(Cl)n1.CNc1cc(C)nc(Nc2ccc(OC)c(OCCCN3CCCC3)c2)n1.COc1ccc(N)cc1OCCCN1CCCC1. The number of rotatable bonds is 16. The van der Waals surface area contributed by atoms with Crippen LogP contribution in [0.15, 0.2) is 48.5 Å². The number of methoxy groups -OCH3 is 2. The molecule has 0 bridgehead atoms. The van der Waals surface area contributed by atoms with Crippen molar-refractivity contribution in [1.82, 2.24) is 29.7 Å². The topological polar surface area (TPSA) is 157 Å². The van der Waals surface area contributed by atoms with Gasteiger partial charge < -0.3 is 50.4 Å². The van der Waals surface area contributed by atoms with Gasteiger partial charge in [0.25, 0.3) is 0 Å². The zero-order chi connectivity index (χ0) is 39.4. The maximum atomic E-state index is 5.99. The maximum absolute atomic E-state index is 5.99. The second-order valence-electron chi connectivity index (χ2n) is 13.3. The van der Waals surface area contributed by atoms with Gasteiger partial charge in [-0.1, -0.05) is 0 Å². The molecule has 0 unspecified atom stereocenters. The first kappa shape index (κ1) is 42.9. The van der Waals surface area contributed by atoms with Gasteiger partial charge in [-0.2, -0.15) is 4.98 Å². The number of ether oxygens (including phenoxy) is 4. The Labute approximate surface area is 331 Å². The smallest absolute Gasteiger partial charge is 0.229 e. The molecule has 0 atom stereocenters. The molecular weight excluding hydrogens is 720 g/mol. The summed E-state index contributed by atoms with van der Waals surface area (Å²) in [5.41, 5.74) is 9.06. The fourth-order valence-electron chi connectivity index (χ4n) is 6.17. The van der Waals surface area contributed by atoms with Crippen LogP contribution in [0.25, 0.3) is 0 Å². The summed E-state index contributed by atoms with van der Waals surface area (Å²) >= 11 is 5.57. The summed E-state index contributed by atoms with van der Waals surface area (Å²) in [6.45, 7) is 12.3. The van der Waals surface area contributed by atoms with Crippen LogP contribution in [0.3, 0.4) is 0 Å². The zero-order valence-electron chi connectivity index (χ0n) is 33.3. The van der Waals surface area contributed by atoms with Crippen molar-refractivity contribution in [3.8, 4) is 23.0 Å². The summed E-state index contributed by atoms with van der Waals surface area (Å²) in [4.78, 5) is 21.6. The van der Waals surface area contributed by atoms with Gasteiger partial charge in [0.2, 0.25) is 11.2 Å². The van der Waals surface area contributed by atoms with Gasteiger partial charge in [-0.25, -0.2) is 15.0 Å². The molecule has 6 rings (SSSR count). The lowest BCUT2D eigenvalue weighted by Gasteiger charge is -2.16. The third kappa shape index (κ3) is 15.1. The van der Waals surface area contributed by atoms with Crippen LogP contribution in [0.1, 0.15) is 49.9 Å². The van der Waals surface area contributed by atoms with E-state index in [1.54, 1.807) is 21.3 Å². The Morgan fingerprint density at radius 1 is 0.655 bits per heavy atom. The highest BCUT2D eigenvalue weighted by molar-refractivity contribution is 6.28. The average Bonchev–Trinajstić information content (AvgIpc) is 3.90. The molecule has 14 nitrogen and oxygen atoms in total. The highest BCUT2D eigenvalue weighted by Gasteiger charge is 2.13. The molecular formula is C40H59ClN10O4. The van der Waals surface area contributed by atoms with Crippen molar-refractivity contribution in [2.45, 2.75) is 52.4 Å². The number of hydrogen-bond acceptors (Lipinski definition) is 14. The highest BCUT2D eigenvalue weighted by atomic mass is 35.5. The molecule has 300 valence electrons. The van der Waals surface area contributed by atoms with Crippen molar-refractivity contribution in [3.05, 3.63) is 65.2 Å². The van der Waals surface area contributed by atoms with Crippen LogP contribution in [0.5, 0.6) is 23.0 Å². The summed E-state index contributed by atoms with van der Waals surface area (Å²) in [6, 6.07) is 14.9. The van der Waals surface area contributed by atoms with Gasteiger partial charge in [-0.3, -0.25) is 0 Å². The van der Waals surface area contributed by atoms with Crippen LogP contribution in [0, 0.1) is 13.8 Å². The highest BCUT2D eigenvalue weighted by Crippen LogP contribution is 2.32. The molecule has 0 aliphatic carbocycles. The molecule has 2 saturated heterocycles. The summed E-state index contributed by atoms with van der Waals surface area (Å²) in [5, 5.41) is 9.44. The van der Waals surface area contributed by atoms with Crippen LogP contribution in [0.4, 0.5) is 29.0 Å². The summed E-state index contributed by atoms with van der Waals surface area (Å²) in [6.07, 6.45) is 7.36. The number of hydrogen-bond donors (Lipinski definition) is 4. The van der Waals surface area contributed by atoms with E-state index in [0.29, 0.717) is 24.8 Å². The number of nitrogens with two attached hydrogens (primary N) is 1. The fourth-order valence-corrected chi connectivity index (χ4v) is 6.39. The standard InChI is InChI=1S/C20H29N5O2.C14H22N2O2.C6H8ClN3/c1-15-13-19(21-2)24-20(22-15)23-16-7-8-17(26-3)18(14-16)27-12-6-11-25-9-4-5-10-25;1-17-13-6-5-12(15)11-14(13)18-10-4-9-16-7-2-3-8-16;1-4-3-5(8-2)10-6(7)9-4/h7-8,13-14H,4-6,9-12H2,1-3H3,(H2,21,22,23,24);5-6,11H,2-4,7-10,15H2,1H3;3H,1-2H3,(H,8,9,10). The van der Waals surface area contributed by atoms with Crippen molar-refractivity contribution in [1.29, 1.82) is 0 Å². The minimum absolute atomic E-state index is 0.282. The Kier molecular flexibility index (Phi) is 18.1. The van der Waals surface area contributed by atoms with Crippen molar-refractivity contribution >= 4 is 40.6 Å². The molecule has 5 N–H and O–H groups in total. The van der Waals surface area contributed by atoms with E-state index in [2.05, 4.69) is 45.7 Å². The first-order valence-electron chi connectivity index (χ1n) is 19.0. The number of nitrogens with one attached hydrogen (secondary N) is 3. The first-order chi connectivity index (χ1) is 26.7. The number of halogens is 1. The largest absolute Gasteiger partial charge is 0.493 e. The van der Waals surface area contributed by atoms with Gasteiger partial charge in [-0.15, -0.1) is 0 Å². The molecule has 2 aliphatic heterocycles. The molecule has 2 aromatic heterocycles.